The van der Waals surface area contributed by atoms with Crippen molar-refractivity contribution in [2.75, 3.05) is 5.32 Å². The molecule has 1 aliphatic rings. The number of rotatable bonds is 4. The number of carbonyl (C=O) groups is 1. The van der Waals surface area contributed by atoms with Crippen LogP contribution in [-0.2, 0) is 10.5 Å². The molecule has 1 aromatic heterocycles. The number of amides is 1. The number of aryl methyl sites for hydroxylation is 3. The van der Waals surface area contributed by atoms with Gasteiger partial charge in [0.1, 0.15) is 5.82 Å². The molecule has 3 aromatic rings. The Bertz CT molecular complexity index is 1150. The highest BCUT2D eigenvalue weighted by Gasteiger charge is 2.31. The highest BCUT2D eigenvalue weighted by Crippen LogP contribution is 2.36. The molecular formula is C23H23N3O2S. The van der Waals surface area contributed by atoms with Gasteiger partial charge in [0.05, 0.1) is 5.56 Å². The third kappa shape index (κ3) is 4.12. The van der Waals surface area contributed by atoms with Gasteiger partial charge in [-0.05, 0) is 37.5 Å². The molecule has 1 atom stereocenters. The third-order valence-electron chi connectivity index (χ3n) is 5.20. The Hall–Kier alpha value is -2.86. The van der Waals surface area contributed by atoms with Crippen molar-refractivity contribution in [3.63, 3.8) is 0 Å². The van der Waals surface area contributed by atoms with Crippen LogP contribution < -0.4 is 10.9 Å². The Morgan fingerprint density at radius 1 is 1.07 bits per heavy atom. The van der Waals surface area contributed by atoms with Crippen molar-refractivity contribution >= 4 is 23.5 Å². The van der Waals surface area contributed by atoms with E-state index in [0.29, 0.717) is 22.3 Å². The first-order valence-electron chi connectivity index (χ1n) is 9.60. The summed E-state index contributed by atoms with van der Waals surface area (Å²) in [6, 6.07) is 14.4. The predicted octanol–water partition coefficient (Wildman–Crippen LogP) is 4.46. The van der Waals surface area contributed by atoms with Gasteiger partial charge in [-0.3, -0.25) is 9.59 Å². The van der Waals surface area contributed by atoms with Crippen molar-refractivity contribution in [3.05, 3.63) is 86.2 Å². The van der Waals surface area contributed by atoms with Gasteiger partial charge >= 0.3 is 0 Å². The van der Waals surface area contributed by atoms with E-state index in [-0.39, 0.29) is 23.8 Å². The normalized spacial score (nSPS) is 15.7. The fourth-order valence-corrected chi connectivity index (χ4v) is 4.58. The zero-order chi connectivity index (χ0) is 20.5. The molecule has 0 spiro atoms. The van der Waals surface area contributed by atoms with Gasteiger partial charge in [-0.25, -0.2) is 4.98 Å². The molecule has 0 radical (unpaired) electrons. The summed E-state index contributed by atoms with van der Waals surface area (Å²) in [5.74, 6) is 0.669. The number of aromatic nitrogens is 2. The first-order valence-corrected chi connectivity index (χ1v) is 10.6. The van der Waals surface area contributed by atoms with Gasteiger partial charge in [0.2, 0.25) is 5.91 Å². The number of benzene rings is 2. The van der Waals surface area contributed by atoms with Crippen molar-refractivity contribution in [1.82, 2.24) is 9.97 Å². The molecule has 1 amide bonds. The number of hydrogen-bond acceptors (Lipinski definition) is 4. The molecule has 0 saturated carbocycles. The quantitative estimate of drug-likeness (QED) is 0.496. The first kappa shape index (κ1) is 19.5. The zero-order valence-corrected chi connectivity index (χ0v) is 17.5. The van der Waals surface area contributed by atoms with Gasteiger partial charge in [-0.1, -0.05) is 65.4 Å². The number of nitrogens with zero attached hydrogens (tertiary/aromatic N) is 1. The van der Waals surface area contributed by atoms with E-state index in [1.165, 1.54) is 17.3 Å². The van der Waals surface area contributed by atoms with Crippen LogP contribution in [0.4, 0.5) is 5.82 Å². The van der Waals surface area contributed by atoms with Crippen LogP contribution in [0, 0.1) is 20.8 Å². The lowest BCUT2D eigenvalue weighted by atomic mass is 9.84. The lowest BCUT2D eigenvalue weighted by Gasteiger charge is -2.26. The first-order chi connectivity index (χ1) is 13.9. The second-order valence-corrected chi connectivity index (χ2v) is 8.54. The zero-order valence-electron chi connectivity index (χ0n) is 16.7. The van der Waals surface area contributed by atoms with E-state index in [9.17, 15) is 9.59 Å². The summed E-state index contributed by atoms with van der Waals surface area (Å²) in [6.07, 6.45) is 0.248. The molecule has 0 aliphatic carbocycles. The van der Waals surface area contributed by atoms with Crippen LogP contribution >= 0.6 is 11.8 Å². The summed E-state index contributed by atoms with van der Waals surface area (Å²) >= 11 is 1.46. The number of nitrogens with one attached hydrogen (secondary N) is 2. The van der Waals surface area contributed by atoms with E-state index in [1.54, 1.807) is 0 Å². The summed E-state index contributed by atoms with van der Waals surface area (Å²) in [5, 5.41) is 3.31. The Balaban J connectivity index is 1.69. The number of thioether (sulfide) groups is 1. The maximum absolute atomic E-state index is 13.0. The molecule has 4 rings (SSSR count). The maximum Gasteiger partial charge on any atom is 0.257 e. The highest BCUT2D eigenvalue weighted by atomic mass is 32.2. The minimum absolute atomic E-state index is 0.115. The van der Waals surface area contributed by atoms with Crippen molar-refractivity contribution < 1.29 is 4.79 Å². The standard InChI is InChI=1S/C23H23N3O2S/c1-13-5-4-6-16(9-13)12-29-23-25-21-20(22(28)26-23)18(11-19(27)24-21)17-10-14(2)7-8-15(17)3/h4-10,18H,11-12H2,1-3H3,(H2,24,25,26,27,28). The average Bonchev–Trinajstić information content (AvgIpc) is 2.67. The lowest BCUT2D eigenvalue weighted by Crippen LogP contribution is -2.31. The molecule has 5 nitrogen and oxygen atoms in total. The van der Waals surface area contributed by atoms with Crippen molar-refractivity contribution in [3.8, 4) is 0 Å². The molecule has 148 valence electrons. The molecular weight excluding hydrogens is 382 g/mol. The molecule has 2 aromatic carbocycles. The van der Waals surface area contributed by atoms with E-state index in [0.717, 1.165) is 22.3 Å². The molecule has 1 unspecified atom stereocenters. The Labute approximate surface area is 174 Å². The van der Waals surface area contributed by atoms with E-state index in [4.69, 9.17) is 0 Å². The van der Waals surface area contributed by atoms with Crippen LogP contribution in [0.1, 0.15) is 45.7 Å². The van der Waals surface area contributed by atoms with E-state index < -0.39 is 0 Å². The molecule has 29 heavy (non-hydrogen) atoms. The number of carbonyl (C=O) groups excluding carboxylic acids is 1. The van der Waals surface area contributed by atoms with Gasteiger partial charge in [0.15, 0.2) is 5.16 Å². The minimum Gasteiger partial charge on any atom is -0.310 e. The van der Waals surface area contributed by atoms with Gasteiger partial charge in [-0.2, -0.15) is 0 Å². The van der Waals surface area contributed by atoms with E-state index in [2.05, 4.69) is 46.5 Å². The molecule has 2 heterocycles. The second-order valence-electron chi connectivity index (χ2n) is 7.58. The van der Waals surface area contributed by atoms with Gasteiger partial charge in [0.25, 0.3) is 5.56 Å². The largest absolute Gasteiger partial charge is 0.310 e. The fraction of sp³-hybridized carbons (Fsp3) is 0.261. The van der Waals surface area contributed by atoms with Crippen molar-refractivity contribution in [1.29, 1.82) is 0 Å². The number of fused-ring (bicyclic) bond motifs is 1. The number of anilines is 1. The smallest absolute Gasteiger partial charge is 0.257 e. The van der Waals surface area contributed by atoms with Gasteiger partial charge < -0.3 is 10.3 Å². The average molecular weight is 406 g/mol. The third-order valence-corrected chi connectivity index (χ3v) is 6.14. The molecule has 0 bridgehead atoms. The van der Waals surface area contributed by atoms with Crippen LogP contribution in [0.25, 0.3) is 0 Å². The van der Waals surface area contributed by atoms with Crippen LogP contribution in [0.3, 0.4) is 0 Å². The molecule has 2 N–H and O–H groups in total. The van der Waals surface area contributed by atoms with Gasteiger partial charge in [0, 0.05) is 18.1 Å². The summed E-state index contributed by atoms with van der Waals surface area (Å²) in [4.78, 5) is 32.8. The summed E-state index contributed by atoms with van der Waals surface area (Å²) in [7, 11) is 0. The summed E-state index contributed by atoms with van der Waals surface area (Å²) in [6.45, 7) is 6.07. The topological polar surface area (TPSA) is 74.8 Å². The fourth-order valence-electron chi connectivity index (χ4n) is 3.77. The second kappa shape index (κ2) is 7.87. The van der Waals surface area contributed by atoms with E-state index >= 15 is 0 Å². The maximum atomic E-state index is 13.0. The monoisotopic (exact) mass is 405 g/mol. The summed E-state index contributed by atoms with van der Waals surface area (Å²) < 4.78 is 0. The van der Waals surface area contributed by atoms with Gasteiger partial charge in [-0.15, -0.1) is 0 Å². The Morgan fingerprint density at radius 3 is 2.66 bits per heavy atom. The van der Waals surface area contributed by atoms with Crippen LogP contribution in [0.2, 0.25) is 0 Å². The number of hydrogen-bond donors (Lipinski definition) is 2. The number of aromatic amines is 1. The highest BCUT2D eigenvalue weighted by molar-refractivity contribution is 7.98. The number of H-pyrrole nitrogens is 1. The lowest BCUT2D eigenvalue weighted by molar-refractivity contribution is -0.116. The molecule has 0 fully saturated rings. The Kier molecular flexibility index (Phi) is 5.28. The predicted molar refractivity (Wildman–Crippen MR) is 117 cm³/mol. The molecule has 0 saturated heterocycles. The van der Waals surface area contributed by atoms with Crippen LogP contribution in [0.15, 0.2) is 52.4 Å². The molecule has 6 heteroatoms. The van der Waals surface area contributed by atoms with E-state index in [1.807, 2.05) is 32.0 Å². The molecule has 1 aliphatic heterocycles. The Morgan fingerprint density at radius 2 is 1.86 bits per heavy atom. The van der Waals surface area contributed by atoms with Crippen LogP contribution in [-0.4, -0.2) is 15.9 Å². The van der Waals surface area contributed by atoms with Crippen molar-refractivity contribution in [2.45, 2.75) is 44.0 Å². The SMILES string of the molecule is Cc1cccc(CSc2nc3c(c(=O)[nH]2)C(c2cc(C)ccc2C)CC(=O)N3)c1. The summed E-state index contributed by atoms with van der Waals surface area (Å²) in [5.41, 5.74) is 5.89. The van der Waals surface area contributed by atoms with Crippen LogP contribution in [0.5, 0.6) is 0 Å². The minimum atomic E-state index is -0.286. The van der Waals surface area contributed by atoms with Crippen molar-refractivity contribution in [2.24, 2.45) is 0 Å².